The largest absolute Gasteiger partial charge is 0.269 e. The van der Waals surface area contributed by atoms with E-state index < -0.39 is 14.7 Å². The van der Waals surface area contributed by atoms with E-state index in [4.69, 9.17) is 11.8 Å². The van der Waals surface area contributed by atoms with E-state index in [9.17, 15) is 14.3 Å². The van der Waals surface area contributed by atoms with Gasteiger partial charge in [0, 0.05) is 28.8 Å². The predicted molar refractivity (Wildman–Crippen MR) is 77.9 cm³/mol. The van der Waals surface area contributed by atoms with Crippen molar-refractivity contribution in [3.05, 3.63) is 70.3 Å². The molecule has 0 heterocycles. The van der Waals surface area contributed by atoms with Gasteiger partial charge in [0.15, 0.2) is 0 Å². The van der Waals surface area contributed by atoms with Gasteiger partial charge >= 0.3 is 0 Å². The number of hydrogen-bond acceptors (Lipinski definition) is 4. The molecule has 2 aromatic rings. The highest BCUT2D eigenvalue weighted by atomic mass is 35.5. The van der Waals surface area contributed by atoms with Gasteiger partial charge in [-0.1, -0.05) is 30.3 Å². The van der Waals surface area contributed by atoms with E-state index in [1.807, 2.05) is 6.07 Å². The maximum Gasteiger partial charge on any atom is 0.269 e. The Morgan fingerprint density at radius 1 is 1.10 bits per heavy atom. The smallest absolute Gasteiger partial charge is 0.258 e. The first kappa shape index (κ1) is 14.5. The van der Waals surface area contributed by atoms with E-state index in [1.165, 1.54) is 12.1 Å². The number of halogens is 1. The normalized spacial score (nSPS) is 13.4. The number of nitro benzene ring substituents is 1. The second-order valence-corrected chi connectivity index (χ2v) is 6.68. The lowest BCUT2D eigenvalue weighted by Gasteiger charge is -2.08. The van der Waals surface area contributed by atoms with Crippen molar-refractivity contribution < 1.29 is 9.13 Å². The molecule has 0 spiro atoms. The Labute approximate surface area is 121 Å². The van der Waals surface area contributed by atoms with E-state index in [-0.39, 0.29) is 11.4 Å². The number of non-ortho nitro benzene ring substituents is 1. The summed E-state index contributed by atoms with van der Waals surface area (Å²) >= 11 is 5.52. The molecular weight excluding hydrogens is 300 g/mol. The molecular formula is C13H11ClN2O3S. The molecule has 5 nitrogen and oxygen atoms in total. The average Bonchev–Trinajstić information content (AvgIpc) is 2.48. The molecule has 0 aromatic heterocycles. The SMILES string of the molecule is O=[N+]([O-])c1ccc(CS(=O)(=NCl)c2ccccc2)cc1. The van der Waals surface area contributed by atoms with Crippen LogP contribution in [0.3, 0.4) is 0 Å². The van der Waals surface area contributed by atoms with Crippen molar-refractivity contribution in [3.63, 3.8) is 0 Å². The fourth-order valence-corrected chi connectivity index (χ4v) is 3.63. The van der Waals surface area contributed by atoms with Gasteiger partial charge < -0.3 is 0 Å². The predicted octanol–water partition coefficient (Wildman–Crippen LogP) is 3.78. The Morgan fingerprint density at radius 2 is 1.70 bits per heavy atom. The van der Waals surface area contributed by atoms with Crippen LogP contribution in [0.5, 0.6) is 0 Å². The van der Waals surface area contributed by atoms with E-state index in [0.717, 1.165) is 0 Å². The zero-order chi connectivity index (χ0) is 14.6. The van der Waals surface area contributed by atoms with Crippen LogP contribution >= 0.6 is 11.8 Å². The van der Waals surface area contributed by atoms with Crippen LogP contribution in [0.15, 0.2) is 63.4 Å². The van der Waals surface area contributed by atoms with Crippen molar-refractivity contribution >= 4 is 27.2 Å². The van der Waals surface area contributed by atoms with Gasteiger partial charge in [0.25, 0.3) is 5.69 Å². The molecule has 0 radical (unpaired) electrons. The van der Waals surface area contributed by atoms with E-state index >= 15 is 0 Å². The summed E-state index contributed by atoms with van der Waals surface area (Å²) in [5.74, 6) is 0.110. The topological polar surface area (TPSA) is 72.6 Å². The third-order valence-electron chi connectivity index (χ3n) is 2.73. The molecule has 0 aliphatic rings. The summed E-state index contributed by atoms with van der Waals surface area (Å²) in [6.07, 6.45) is 0. The molecule has 1 unspecified atom stereocenters. The number of hydrogen-bond donors (Lipinski definition) is 0. The number of rotatable bonds is 4. The minimum Gasteiger partial charge on any atom is -0.258 e. The van der Waals surface area contributed by atoms with Crippen molar-refractivity contribution in [3.8, 4) is 0 Å². The van der Waals surface area contributed by atoms with Gasteiger partial charge in [-0.3, -0.25) is 10.1 Å². The Kier molecular flexibility index (Phi) is 4.36. The molecule has 2 rings (SSSR count). The van der Waals surface area contributed by atoms with E-state index in [1.54, 1.807) is 36.4 Å². The summed E-state index contributed by atoms with van der Waals surface area (Å²) in [4.78, 5) is 10.6. The second kappa shape index (κ2) is 6.02. The lowest BCUT2D eigenvalue weighted by Crippen LogP contribution is -2.04. The maximum absolute atomic E-state index is 12.7. The molecule has 0 bridgehead atoms. The van der Waals surface area contributed by atoms with Crippen LogP contribution in [-0.4, -0.2) is 9.13 Å². The fourth-order valence-electron chi connectivity index (χ4n) is 1.72. The van der Waals surface area contributed by atoms with Gasteiger partial charge in [0.2, 0.25) is 0 Å². The summed E-state index contributed by atoms with van der Waals surface area (Å²) in [5, 5.41) is 10.6. The summed E-state index contributed by atoms with van der Waals surface area (Å²) < 4.78 is 16.2. The van der Waals surface area contributed by atoms with Crippen LogP contribution in [0.25, 0.3) is 0 Å². The maximum atomic E-state index is 12.7. The van der Waals surface area contributed by atoms with Crippen molar-refractivity contribution in [2.24, 2.45) is 3.88 Å². The van der Waals surface area contributed by atoms with Crippen LogP contribution in [0, 0.1) is 10.1 Å². The first-order valence-electron chi connectivity index (χ1n) is 5.69. The number of benzene rings is 2. The van der Waals surface area contributed by atoms with Crippen molar-refractivity contribution in [2.75, 3.05) is 0 Å². The molecule has 0 saturated heterocycles. The molecule has 20 heavy (non-hydrogen) atoms. The van der Waals surface area contributed by atoms with Crippen molar-refractivity contribution in [1.82, 2.24) is 0 Å². The fraction of sp³-hybridized carbons (Fsp3) is 0.0769. The molecule has 0 N–H and O–H groups in total. The van der Waals surface area contributed by atoms with Gasteiger partial charge in [0.05, 0.1) is 20.4 Å². The lowest BCUT2D eigenvalue weighted by atomic mass is 10.2. The minimum absolute atomic E-state index is 0.0113. The zero-order valence-corrected chi connectivity index (χ0v) is 11.9. The standard InChI is InChI=1S/C13H11ClN2O3S/c14-15-20(19,13-4-2-1-3-5-13)10-11-6-8-12(9-7-11)16(17)18/h1-9H,10H2. The third-order valence-corrected chi connectivity index (χ3v) is 5.36. The third kappa shape index (κ3) is 3.15. The zero-order valence-electron chi connectivity index (χ0n) is 10.3. The summed E-state index contributed by atoms with van der Waals surface area (Å²) in [6.45, 7) is 0. The van der Waals surface area contributed by atoms with E-state index in [0.29, 0.717) is 10.5 Å². The second-order valence-electron chi connectivity index (χ2n) is 4.09. The molecule has 0 saturated carbocycles. The highest BCUT2D eigenvalue weighted by Crippen LogP contribution is 2.21. The summed E-state index contributed by atoms with van der Waals surface area (Å²) in [5.41, 5.74) is 0.664. The quantitative estimate of drug-likeness (QED) is 0.637. The lowest BCUT2D eigenvalue weighted by molar-refractivity contribution is -0.384. The summed E-state index contributed by atoms with van der Waals surface area (Å²) in [6, 6.07) is 14.6. The Balaban J connectivity index is 2.32. The van der Waals surface area contributed by atoms with Crippen LogP contribution in [-0.2, 0) is 15.5 Å². The number of nitrogens with zero attached hydrogens (tertiary/aromatic N) is 2. The van der Waals surface area contributed by atoms with Crippen molar-refractivity contribution in [1.29, 1.82) is 0 Å². The van der Waals surface area contributed by atoms with Gasteiger partial charge in [-0.25, -0.2) is 4.21 Å². The van der Waals surface area contributed by atoms with Crippen LogP contribution in [0.1, 0.15) is 5.56 Å². The molecule has 0 aliphatic carbocycles. The molecule has 0 amide bonds. The van der Waals surface area contributed by atoms with Gasteiger partial charge in [-0.2, -0.15) is 0 Å². The first-order chi connectivity index (χ1) is 9.55. The first-order valence-corrected chi connectivity index (χ1v) is 7.71. The Morgan fingerprint density at radius 3 is 2.20 bits per heavy atom. The van der Waals surface area contributed by atoms with Gasteiger partial charge in [-0.15, -0.1) is 3.88 Å². The van der Waals surface area contributed by atoms with Crippen LogP contribution in [0.2, 0.25) is 0 Å². The van der Waals surface area contributed by atoms with Crippen LogP contribution < -0.4 is 0 Å². The Bertz CT molecular complexity index is 723. The highest BCUT2D eigenvalue weighted by Gasteiger charge is 2.14. The molecule has 7 heteroatoms. The average molecular weight is 311 g/mol. The molecule has 2 aromatic carbocycles. The van der Waals surface area contributed by atoms with E-state index in [2.05, 4.69) is 3.88 Å². The molecule has 0 fully saturated rings. The summed E-state index contributed by atoms with van der Waals surface area (Å²) in [7, 11) is -2.77. The Hall–Kier alpha value is -1.92. The number of nitro groups is 1. The molecule has 0 aliphatic heterocycles. The van der Waals surface area contributed by atoms with Crippen LogP contribution in [0.4, 0.5) is 5.69 Å². The monoisotopic (exact) mass is 310 g/mol. The van der Waals surface area contributed by atoms with Gasteiger partial charge in [0.1, 0.15) is 0 Å². The van der Waals surface area contributed by atoms with Gasteiger partial charge in [-0.05, 0) is 17.7 Å². The molecule has 1 atom stereocenters. The highest BCUT2D eigenvalue weighted by molar-refractivity contribution is 7.93. The van der Waals surface area contributed by atoms with Crippen molar-refractivity contribution in [2.45, 2.75) is 10.6 Å². The molecule has 104 valence electrons. The minimum atomic E-state index is -2.77.